The zero-order valence-electron chi connectivity index (χ0n) is 20.3. The fourth-order valence-corrected chi connectivity index (χ4v) is 3.93. The van der Waals surface area contributed by atoms with Gasteiger partial charge in [-0.3, -0.25) is 0 Å². The van der Waals surface area contributed by atoms with Crippen LogP contribution in [0.15, 0.2) is 91.1 Å². The Morgan fingerprint density at radius 3 is 1.91 bits per heavy atom. The molecule has 0 radical (unpaired) electrons. The standard InChI is InChI=1S/C31H28N4/c1-31(2,3)30-22-32-34-35(30)28-20-15-25(16-21-28)13-10-23-8-11-24(12-9-23)14-18-27-19-17-26-6-4-5-7-29(26)33-27/h4-22H,1-3H3. The van der Waals surface area contributed by atoms with Gasteiger partial charge in [-0.15, -0.1) is 5.10 Å². The first-order valence-electron chi connectivity index (χ1n) is 11.8. The first-order valence-corrected chi connectivity index (χ1v) is 11.8. The summed E-state index contributed by atoms with van der Waals surface area (Å²) in [6, 6.07) is 29.2. The molecule has 4 heteroatoms. The maximum atomic E-state index is 4.70. The van der Waals surface area contributed by atoms with Crippen LogP contribution in [0.1, 0.15) is 48.8 Å². The zero-order chi connectivity index (χ0) is 24.3. The highest BCUT2D eigenvalue weighted by molar-refractivity contribution is 5.81. The summed E-state index contributed by atoms with van der Waals surface area (Å²) in [6.45, 7) is 6.50. The molecule has 0 aliphatic heterocycles. The Kier molecular flexibility index (Phi) is 6.11. The lowest BCUT2D eigenvalue weighted by Gasteiger charge is -2.19. The molecule has 3 aromatic carbocycles. The van der Waals surface area contributed by atoms with E-state index in [-0.39, 0.29) is 5.41 Å². The average Bonchev–Trinajstić information content (AvgIpc) is 3.38. The SMILES string of the molecule is CC(C)(C)c1cnnn1-c1ccc(C=Cc2ccc(C=Cc3ccc4ccccc4n3)cc2)cc1. The largest absolute Gasteiger partial charge is 0.248 e. The Morgan fingerprint density at radius 2 is 1.26 bits per heavy atom. The highest BCUT2D eigenvalue weighted by atomic mass is 15.4. The predicted molar refractivity (Wildman–Crippen MR) is 146 cm³/mol. The van der Waals surface area contributed by atoms with E-state index in [2.05, 4.69) is 116 Å². The topological polar surface area (TPSA) is 43.6 Å². The van der Waals surface area contributed by atoms with Gasteiger partial charge in [-0.05, 0) is 47.0 Å². The number of aromatic nitrogens is 4. The van der Waals surface area contributed by atoms with Gasteiger partial charge in [0.05, 0.1) is 28.8 Å². The van der Waals surface area contributed by atoms with Gasteiger partial charge in [0, 0.05) is 10.8 Å². The Bertz CT molecular complexity index is 1500. The van der Waals surface area contributed by atoms with Crippen molar-refractivity contribution < 1.29 is 0 Å². The van der Waals surface area contributed by atoms with Gasteiger partial charge in [-0.1, -0.05) is 105 Å². The second-order valence-electron chi connectivity index (χ2n) is 9.63. The second kappa shape index (κ2) is 9.51. The smallest absolute Gasteiger partial charge is 0.0735 e. The van der Waals surface area contributed by atoms with Crippen LogP contribution in [0.25, 0.3) is 40.9 Å². The Morgan fingerprint density at radius 1 is 0.657 bits per heavy atom. The summed E-state index contributed by atoms with van der Waals surface area (Å²) in [5, 5.41) is 9.53. The van der Waals surface area contributed by atoms with E-state index in [4.69, 9.17) is 4.98 Å². The van der Waals surface area contributed by atoms with Crippen LogP contribution in [0.5, 0.6) is 0 Å². The zero-order valence-corrected chi connectivity index (χ0v) is 20.3. The number of hydrogen-bond donors (Lipinski definition) is 0. The quantitative estimate of drug-likeness (QED) is 0.258. The highest BCUT2D eigenvalue weighted by Gasteiger charge is 2.20. The third-order valence-electron chi connectivity index (χ3n) is 5.93. The molecule has 0 unspecified atom stereocenters. The molecule has 4 nitrogen and oxygen atoms in total. The summed E-state index contributed by atoms with van der Waals surface area (Å²) in [4.78, 5) is 4.70. The molecule has 0 atom stereocenters. The molecule has 0 bridgehead atoms. The van der Waals surface area contributed by atoms with Gasteiger partial charge < -0.3 is 0 Å². The summed E-state index contributed by atoms with van der Waals surface area (Å²) in [6.07, 6.45) is 10.2. The van der Waals surface area contributed by atoms with E-state index >= 15 is 0 Å². The Labute approximate surface area is 206 Å². The first-order chi connectivity index (χ1) is 17.0. The number of para-hydroxylation sites is 1. The van der Waals surface area contributed by atoms with E-state index in [1.807, 2.05) is 35.1 Å². The van der Waals surface area contributed by atoms with Crippen molar-refractivity contribution >= 4 is 35.2 Å². The summed E-state index contributed by atoms with van der Waals surface area (Å²) in [5.41, 5.74) is 7.49. The highest BCUT2D eigenvalue weighted by Crippen LogP contribution is 2.24. The van der Waals surface area contributed by atoms with Crippen molar-refractivity contribution in [3.05, 3.63) is 119 Å². The minimum absolute atomic E-state index is 0.0184. The third-order valence-corrected chi connectivity index (χ3v) is 5.93. The van der Waals surface area contributed by atoms with Crippen LogP contribution in [0.4, 0.5) is 0 Å². The molecule has 0 spiro atoms. The number of nitrogens with zero attached hydrogens (tertiary/aromatic N) is 4. The van der Waals surface area contributed by atoms with Crippen molar-refractivity contribution in [2.75, 3.05) is 0 Å². The van der Waals surface area contributed by atoms with E-state index in [0.717, 1.165) is 44.7 Å². The number of hydrogen-bond acceptors (Lipinski definition) is 3. The molecular weight excluding hydrogens is 428 g/mol. The van der Waals surface area contributed by atoms with Crippen LogP contribution in [0, 0.1) is 0 Å². The average molecular weight is 457 g/mol. The van der Waals surface area contributed by atoms with E-state index in [9.17, 15) is 0 Å². The molecule has 2 heterocycles. The van der Waals surface area contributed by atoms with Crippen LogP contribution in [-0.2, 0) is 5.41 Å². The van der Waals surface area contributed by atoms with Crippen molar-refractivity contribution in [1.82, 2.24) is 20.0 Å². The van der Waals surface area contributed by atoms with Gasteiger partial charge in [0.1, 0.15) is 0 Å². The van der Waals surface area contributed by atoms with Gasteiger partial charge in [0.2, 0.25) is 0 Å². The predicted octanol–water partition coefficient (Wildman–Crippen LogP) is 7.45. The second-order valence-corrected chi connectivity index (χ2v) is 9.63. The molecule has 0 aliphatic carbocycles. The molecule has 5 rings (SSSR count). The maximum absolute atomic E-state index is 4.70. The lowest BCUT2D eigenvalue weighted by Crippen LogP contribution is -2.17. The van der Waals surface area contributed by atoms with Crippen molar-refractivity contribution in [1.29, 1.82) is 0 Å². The van der Waals surface area contributed by atoms with Gasteiger partial charge in [-0.25, -0.2) is 9.67 Å². The van der Waals surface area contributed by atoms with E-state index < -0.39 is 0 Å². The molecule has 0 amide bonds. The van der Waals surface area contributed by atoms with Gasteiger partial charge in [-0.2, -0.15) is 0 Å². The number of pyridine rings is 1. The summed E-state index contributed by atoms with van der Waals surface area (Å²) >= 11 is 0. The number of fused-ring (bicyclic) bond motifs is 1. The summed E-state index contributed by atoms with van der Waals surface area (Å²) < 4.78 is 1.91. The summed E-state index contributed by atoms with van der Waals surface area (Å²) in [7, 11) is 0. The molecule has 0 aliphatic rings. The minimum Gasteiger partial charge on any atom is -0.248 e. The van der Waals surface area contributed by atoms with Crippen LogP contribution in [-0.4, -0.2) is 20.0 Å². The molecule has 0 fully saturated rings. The van der Waals surface area contributed by atoms with E-state index in [1.54, 1.807) is 0 Å². The normalized spacial score (nSPS) is 12.2. The molecule has 0 saturated heterocycles. The van der Waals surface area contributed by atoms with Crippen LogP contribution >= 0.6 is 0 Å². The van der Waals surface area contributed by atoms with Crippen molar-refractivity contribution in [2.45, 2.75) is 26.2 Å². The first kappa shape index (κ1) is 22.5. The molecule has 172 valence electrons. The van der Waals surface area contributed by atoms with Gasteiger partial charge >= 0.3 is 0 Å². The van der Waals surface area contributed by atoms with Crippen molar-refractivity contribution in [2.24, 2.45) is 0 Å². The van der Waals surface area contributed by atoms with E-state index in [1.165, 1.54) is 0 Å². The molecule has 35 heavy (non-hydrogen) atoms. The van der Waals surface area contributed by atoms with Gasteiger partial charge in [0.25, 0.3) is 0 Å². The van der Waals surface area contributed by atoms with Crippen LogP contribution in [0.2, 0.25) is 0 Å². The lowest BCUT2D eigenvalue weighted by atomic mass is 9.92. The number of rotatable bonds is 5. The third kappa shape index (κ3) is 5.28. The van der Waals surface area contributed by atoms with Crippen LogP contribution in [0.3, 0.4) is 0 Å². The van der Waals surface area contributed by atoms with E-state index in [0.29, 0.717) is 0 Å². The number of benzene rings is 3. The fraction of sp³-hybridized carbons (Fsp3) is 0.129. The monoisotopic (exact) mass is 456 g/mol. The molecule has 5 aromatic rings. The minimum atomic E-state index is -0.0184. The van der Waals surface area contributed by atoms with Crippen LogP contribution < -0.4 is 0 Å². The maximum Gasteiger partial charge on any atom is 0.0735 e. The van der Waals surface area contributed by atoms with Crippen molar-refractivity contribution in [3.63, 3.8) is 0 Å². The molecule has 0 saturated carbocycles. The molecule has 0 N–H and O–H groups in total. The Balaban J connectivity index is 1.25. The lowest BCUT2D eigenvalue weighted by molar-refractivity contribution is 0.542. The fourth-order valence-electron chi connectivity index (χ4n) is 3.93. The van der Waals surface area contributed by atoms with Crippen molar-refractivity contribution in [3.8, 4) is 5.69 Å². The molecular formula is C31H28N4. The summed E-state index contributed by atoms with van der Waals surface area (Å²) in [5.74, 6) is 0. The Hall–Kier alpha value is -4.31. The molecule has 2 aromatic heterocycles. The van der Waals surface area contributed by atoms with Gasteiger partial charge in [0.15, 0.2) is 0 Å².